The summed E-state index contributed by atoms with van der Waals surface area (Å²) in [6.45, 7) is 5.99. The molecular formula is C12H20F3N5O. The van der Waals surface area contributed by atoms with Gasteiger partial charge in [-0.25, -0.2) is 0 Å². The van der Waals surface area contributed by atoms with Gasteiger partial charge >= 0.3 is 6.18 Å². The third kappa shape index (κ3) is 3.53. The monoisotopic (exact) mass is 307 g/mol. The van der Waals surface area contributed by atoms with Crippen molar-refractivity contribution < 1.29 is 18.3 Å². The molecule has 120 valence electrons. The average molecular weight is 307 g/mol. The Balaban J connectivity index is 2.09. The predicted octanol–water partition coefficient (Wildman–Crippen LogP) is 0.473. The number of likely N-dealkylation sites (N-methyl/N-ethyl adjacent to an activating group) is 1. The Kier molecular flexibility index (Phi) is 4.54. The quantitative estimate of drug-likeness (QED) is 0.828. The molecule has 0 fully saturated rings. The summed E-state index contributed by atoms with van der Waals surface area (Å²) in [6.07, 6.45) is -4.48. The van der Waals surface area contributed by atoms with E-state index in [1.807, 2.05) is 18.7 Å². The smallest absolute Gasteiger partial charge is 0.394 e. The number of aliphatic hydroxyl groups is 1. The van der Waals surface area contributed by atoms with Crippen molar-refractivity contribution in [3.63, 3.8) is 0 Å². The first-order chi connectivity index (χ1) is 9.79. The van der Waals surface area contributed by atoms with Gasteiger partial charge in [0, 0.05) is 19.6 Å². The number of alkyl halides is 3. The molecule has 1 atom stereocenters. The second-order valence-corrected chi connectivity index (χ2v) is 5.55. The Morgan fingerprint density at radius 1 is 1.29 bits per heavy atom. The first-order valence-electron chi connectivity index (χ1n) is 6.86. The summed E-state index contributed by atoms with van der Waals surface area (Å²) in [5.41, 5.74) is -0.482. The van der Waals surface area contributed by atoms with Crippen molar-refractivity contribution in [2.75, 3.05) is 26.2 Å². The highest BCUT2D eigenvalue weighted by Crippen LogP contribution is 2.29. The molecule has 1 unspecified atom stereocenters. The van der Waals surface area contributed by atoms with E-state index in [0.29, 0.717) is 32.0 Å². The molecule has 2 heterocycles. The SMILES string of the molecule is CCNC(C)(CO)CN1CCn2c(nnc2C(F)(F)F)C1. The van der Waals surface area contributed by atoms with E-state index >= 15 is 0 Å². The zero-order chi connectivity index (χ0) is 15.7. The summed E-state index contributed by atoms with van der Waals surface area (Å²) in [5.74, 6) is -0.626. The maximum atomic E-state index is 12.8. The van der Waals surface area contributed by atoms with Crippen molar-refractivity contribution in [1.29, 1.82) is 0 Å². The van der Waals surface area contributed by atoms with Crippen LogP contribution in [0.15, 0.2) is 0 Å². The molecule has 1 aliphatic heterocycles. The van der Waals surface area contributed by atoms with E-state index < -0.39 is 17.5 Å². The van der Waals surface area contributed by atoms with Crippen LogP contribution in [0.25, 0.3) is 0 Å². The molecule has 2 N–H and O–H groups in total. The Morgan fingerprint density at radius 3 is 2.57 bits per heavy atom. The number of aromatic nitrogens is 3. The zero-order valence-corrected chi connectivity index (χ0v) is 12.1. The average Bonchev–Trinajstić information content (AvgIpc) is 2.81. The van der Waals surface area contributed by atoms with Crippen LogP contribution in [0.1, 0.15) is 25.5 Å². The van der Waals surface area contributed by atoms with Crippen LogP contribution in [0.4, 0.5) is 13.2 Å². The second kappa shape index (κ2) is 5.90. The fourth-order valence-electron chi connectivity index (χ4n) is 2.63. The Labute approximate surface area is 121 Å². The molecule has 0 radical (unpaired) electrons. The standard InChI is InChI=1S/C12H20F3N5O/c1-3-16-11(2,8-21)7-19-4-5-20-9(6-19)17-18-10(20)12(13,14)15/h16,21H,3-8H2,1-2H3. The summed E-state index contributed by atoms with van der Waals surface area (Å²) in [4.78, 5) is 1.98. The molecule has 0 saturated carbocycles. The number of nitrogens with one attached hydrogen (secondary N) is 1. The highest BCUT2D eigenvalue weighted by Gasteiger charge is 2.40. The summed E-state index contributed by atoms with van der Waals surface area (Å²) in [5, 5.41) is 19.6. The third-order valence-electron chi connectivity index (χ3n) is 3.61. The number of aliphatic hydroxyl groups excluding tert-OH is 1. The molecule has 0 aromatic carbocycles. The topological polar surface area (TPSA) is 66.2 Å². The van der Waals surface area contributed by atoms with Gasteiger partial charge < -0.3 is 15.0 Å². The molecule has 1 aromatic rings. The molecule has 9 heteroatoms. The fourth-order valence-corrected chi connectivity index (χ4v) is 2.63. The molecule has 0 bridgehead atoms. The normalized spacial score (nSPS) is 19.3. The summed E-state index contributed by atoms with van der Waals surface area (Å²) >= 11 is 0. The Hall–Kier alpha value is -1.19. The van der Waals surface area contributed by atoms with Gasteiger partial charge in [0.05, 0.1) is 18.7 Å². The van der Waals surface area contributed by atoms with E-state index in [4.69, 9.17) is 0 Å². The van der Waals surface area contributed by atoms with Gasteiger partial charge in [-0.1, -0.05) is 6.92 Å². The lowest BCUT2D eigenvalue weighted by Crippen LogP contribution is -2.55. The molecule has 21 heavy (non-hydrogen) atoms. The number of hydrogen-bond donors (Lipinski definition) is 2. The van der Waals surface area contributed by atoms with E-state index in [-0.39, 0.29) is 13.2 Å². The number of nitrogens with zero attached hydrogens (tertiary/aromatic N) is 4. The van der Waals surface area contributed by atoms with Gasteiger partial charge in [0.15, 0.2) is 0 Å². The number of halogens is 3. The molecular weight excluding hydrogens is 287 g/mol. The third-order valence-corrected chi connectivity index (χ3v) is 3.61. The fraction of sp³-hybridized carbons (Fsp3) is 0.833. The predicted molar refractivity (Wildman–Crippen MR) is 69.5 cm³/mol. The molecule has 0 spiro atoms. The van der Waals surface area contributed by atoms with Crippen LogP contribution in [0.5, 0.6) is 0 Å². The minimum atomic E-state index is -4.48. The number of hydrogen-bond acceptors (Lipinski definition) is 5. The van der Waals surface area contributed by atoms with Crippen LogP contribution in [-0.2, 0) is 19.3 Å². The molecule has 1 aliphatic rings. The van der Waals surface area contributed by atoms with Gasteiger partial charge in [0.1, 0.15) is 5.82 Å². The van der Waals surface area contributed by atoms with Crippen LogP contribution in [0.3, 0.4) is 0 Å². The summed E-state index contributed by atoms with van der Waals surface area (Å²) < 4.78 is 39.4. The number of fused-ring (bicyclic) bond motifs is 1. The van der Waals surface area contributed by atoms with E-state index in [1.54, 1.807) is 0 Å². The largest absolute Gasteiger partial charge is 0.451 e. The van der Waals surface area contributed by atoms with Crippen LogP contribution in [0.2, 0.25) is 0 Å². The van der Waals surface area contributed by atoms with Gasteiger partial charge in [-0.05, 0) is 13.5 Å². The van der Waals surface area contributed by atoms with E-state index in [1.165, 1.54) is 0 Å². The van der Waals surface area contributed by atoms with Gasteiger partial charge in [-0.3, -0.25) is 4.90 Å². The summed E-state index contributed by atoms with van der Waals surface area (Å²) in [6, 6.07) is 0. The Morgan fingerprint density at radius 2 is 2.00 bits per heavy atom. The van der Waals surface area contributed by atoms with Crippen molar-refractivity contribution in [1.82, 2.24) is 25.0 Å². The molecule has 2 rings (SSSR count). The van der Waals surface area contributed by atoms with Gasteiger partial charge in [-0.15, -0.1) is 10.2 Å². The van der Waals surface area contributed by atoms with Gasteiger partial charge in [-0.2, -0.15) is 13.2 Å². The van der Waals surface area contributed by atoms with Crippen LogP contribution >= 0.6 is 0 Å². The van der Waals surface area contributed by atoms with E-state index in [9.17, 15) is 18.3 Å². The highest BCUT2D eigenvalue weighted by molar-refractivity contribution is 5.03. The van der Waals surface area contributed by atoms with Gasteiger partial charge in [0.25, 0.3) is 0 Å². The number of rotatable bonds is 5. The second-order valence-electron chi connectivity index (χ2n) is 5.55. The molecule has 0 aliphatic carbocycles. The van der Waals surface area contributed by atoms with Crippen molar-refractivity contribution in [2.45, 2.75) is 38.7 Å². The van der Waals surface area contributed by atoms with Crippen molar-refractivity contribution in [3.8, 4) is 0 Å². The van der Waals surface area contributed by atoms with E-state index in [2.05, 4.69) is 15.5 Å². The molecule has 0 saturated heterocycles. The van der Waals surface area contributed by atoms with E-state index in [0.717, 1.165) is 4.57 Å². The van der Waals surface area contributed by atoms with Crippen LogP contribution < -0.4 is 5.32 Å². The maximum Gasteiger partial charge on any atom is 0.451 e. The lowest BCUT2D eigenvalue weighted by molar-refractivity contribution is -0.148. The van der Waals surface area contributed by atoms with Crippen LogP contribution in [-0.4, -0.2) is 56.6 Å². The lowest BCUT2D eigenvalue weighted by atomic mass is 10.0. The first-order valence-corrected chi connectivity index (χ1v) is 6.86. The van der Waals surface area contributed by atoms with Crippen LogP contribution in [0, 0.1) is 0 Å². The molecule has 6 nitrogen and oxygen atoms in total. The maximum absolute atomic E-state index is 12.8. The molecule has 1 aromatic heterocycles. The lowest BCUT2D eigenvalue weighted by Gasteiger charge is -2.36. The zero-order valence-electron chi connectivity index (χ0n) is 12.1. The summed E-state index contributed by atoms with van der Waals surface area (Å²) in [7, 11) is 0. The van der Waals surface area contributed by atoms with Crippen molar-refractivity contribution in [3.05, 3.63) is 11.6 Å². The van der Waals surface area contributed by atoms with Crippen molar-refractivity contribution >= 4 is 0 Å². The van der Waals surface area contributed by atoms with Crippen molar-refractivity contribution in [2.24, 2.45) is 0 Å². The first kappa shape index (κ1) is 16.2. The Bertz CT molecular complexity index is 490. The minimum Gasteiger partial charge on any atom is -0.394 e. The highest BCUT2D eigenvalue weighted by atomic mass is 19.4. The van der Waals surface area contributed by atoms with Gasteiger partial charge in [0.2, 0.25) is 5.82 Å². The minimum absolute atomic E-state index is 0.0438. The molecule has 0 amide bonds.